The minimum absolute atomic E-state index is 0.116. The Morgan fingerprint density at radius 2 is 1.95 bits per heavy atom. The molecule has 20 heavy (non-hydrogen) atoms. The number of carbonyl (C=O) groups excluding carboxylic acids is 1. The van der Waals surface area contributed by atoms with Crippen LogP contribution in [0.25, 0.3) is 0 Å². The summed E-state index contributed by atoms with van der Waals surface area (Å²) in [5.74, 6) is 1.98. The normalized spacial score (nSPS) is 31.9. The van der Waals surface area contributed by atoms with Crippen molar-refractivity contribution in [2.24, 2.45) is 29.4 Å². The molecule has 0 aromatic heterocycles. The standard InChI is InChI=1S/C17H34N2O/c1-5-7-8-14(6-2)11-19-17(20)15-10-16(18)13(4)9-12(15)3/h12-16H,5-11,18H2,1-4H3,(H,19,20). The van der Waals surface area contributed by atoms with Gasteiger partial charge in [0.05, 0.1) is 0 Å². The van der Waals surface area contributed by atoms with Crippen LogP contribution in [-0.2, 0) is 4.79 Å². The molecule has 5 atom stereocenters. The first-order chi connectivity index (χ1) is 9.49. The van der Waals surface area contributed by atoms with Gasteiger partial charge in [-0.3, -0.25) is 4.79 Å². The Balaban J connectivity index is 2.41. The Bertz CT molecular complexity index is 293. The molecule has 5 unspecified atom stereocenters. The number of unbranched alkanes of at least 4 members (excludes halogenated alkanes) is 1. The van der Waals surface area contributed by atoms with Crippen molar-refractivity contribution in [1.29, 1.82) is 0 Å². The number of amides is 1. The van der Waals surface area contributed by atoms with E-state index in [1.807, 2.05) is 0 Å². The quantitative estimate of drug-likeness (QED) is 0.752. The second kappa shape index (κ2) is 8.66. The van der Waals surface area contributed by atoms with Crippen molar-refractivity contribution < 1.29 is 4.79 Å². The van der Waals surface area contributed by atoms with Crippen LogP contribution >= 0.6 is 0 Å². The van der Waals surface area contributed by atoms with Gasteiger partial charge in [-0.1, -0.05) is 47.0 Å². The summed E-state index contributed by atoms with van der Waals surface area (Å²) in [6, 6.07) is 0.184. The SMILES string of the molecule is CCCCC(CC)CNC(=O)C1CC(N)C(C)CC1C. The van der Waals surface area contributed by atoms with Crippen molar-refractivity contribution in [2.75, 3.05) is 6.54 Å². The lowest BCUT2D eigenvalue weighted by Crippen LogP contribution is -2.45. The predicted octanol–water partition coefficient (Wildman–Crippen LogP) is 3.33. The van der Waals surface area contributed by atoms with Crippen LogP contribution in [0, 0.1) is 23.7 Å². The molecule has 1 aliphatic carbocycles. The van der Waals surface area contributed by atoms with E-state index in [4.69, 9.17) is 5.73 Å². The van der Waals surface area contributed by atoms with E-state index in [-0.39, 0.29) is 17.9 Å². The third kappa shape index (κ3) is 5.08. The molecule has 0 spiro atoms. The van der Waals surface area contributed by atoms with Gasteiger partial charge in [0.15, 0.2) is 0 Å². The molecule has 1 rings (SSSR count). The van der Waals surface area contributed by atoms with Crippen molar-refractivity contribution in [3.05, 3.63) is 0 Å². The molecule has 1 aliphatic rings. The summed E-state index contributed by atoms with van der Waals surface area (Å²) >= 11 is 0. The van der Waals surface area contributed by atoms with Gasteiger partial charge in [-0.25, -0.2) is 0 Å². The first-order valence-electron chi connectivity index (χ1n) is 8.52. The smallest absolute Gasteiger partial charge is 0.223 e. The molecule has 3 heteroatoms. The van der Waals surface area contributed by atoms with Crippen LogP contribution in [-0.4, -0.2) is 18.5 Å². The zero-order valence-electron chi connectivity index (χ0n) is 13.8. The first-order valence-corrected chi connectivity index (χ1v) is 8.52. The second-order valence-corrected chi connectivity index (χ2v) is 6.86. The summed E-state index contributed by atoms with van der Waals surface area (Å²) < 4.78 is 0. The molecule has 1 fully saturated rings. The minimum Gasteiger partial charge on any atom is -0.356 e. The Morgan fingerprint density at radius 3 is 2.55 bits per heavy atom. The van der Waals surface area contributed by atoms with Crippen LogP contribution in [0.1, 0.15) is 66.2 Å². The minimum atomic E-state index is 0.116. The zero-order chi connectivity index (χ0) is 15.1. The molecule has 0 aromatic rings. The van der Waals surface area contributed by atoms with Gasteiger partial charge in [0, 0.05) is 18.5 Å². The van der Waals surface area contributed by atoms with Crippen LogP contribution < -0.4 is 11.1 Å². The number of nitrogens with two attached hydrogens (primary N) is 1. The Labute approximate surface area is 125 Å². The number of hydrogen-bond acceptors (Lipinski definition) is 2. The lowest BCUT2D eigenvalue weighted by Gasteiger charge is -2.36. The Kier molecular flexibility index (Phi) is 7.57. The number of hydrogen-bond donors (Lipinski definition) is 2. The van der Waals surface area contributed by atoms with Gasteiger partial charge in [0.25, 0.3) is 0 Å². The monoisotopic (exact) mass is 282 g/mol. The summed E-state index contributed by atoms with van der Waals surface area (Å²) in [6.45, 7) is 9.67. The summed E-state index contributed by atoms with van der Waals surface area (Å²) in [6.07, 6.45) is 6.79. The highest BCUT2D eigenvalue weighted by atomic mass is 16.1. The molecule has 0 aromatic carbocycles. The number of rotatable bonds is 7. The summed E-state index contributed by atoms with van der Waals surface area (Å²) in [5.41, 5.74) is 6.14. The molecule has 118 valence electrons. The van der Waals surface area contributed by atoms with E-state index in [0.29, 0.717) is 17.8 Å². The predicted molar refractivity (Wildman–Crippen MR) is 85.3 cm³/mol. The van der Waals surface area contributed by atoms with Gasteiger partial charge in [-0.15, -0.1) is 0 Å². The molecule has 1 amide bonds. The van der Waals surface area contributed by atoms with E-state index in [1.54, 1.807) is 0 Å². The summed E-state index contributed by atoms with van der Waals surface area (Å²) in [5, 5.41) is 3.18. The molecule has 0 heterocycles. The average molecular weight is 282 g/mol. The van der Waals surface area contributed by atoms with Crippen LogP contribution in [0.3, 0.4) is 0 Å². The fraction of sp³-hybridized carbons (Fsp3) is 0.941. The highest BCUT2D eigenvalue weighted by molar-refractivity contribution is 5.79. The Morgan fingerprint density at radius 1 is 1.25 bits per heavy atom. The summed E-state index contributed by atoms with van der Waals surface area (Å²) in [7, 11) is 0. The third-order valence-electron chi connectivity index (χ3n) is 5.13. The van der Waals surface area contributed by atoms with E-state index in [2.05, 4.69) is 33.0 Å². The third-order valence-corrected chi connectivity index (χ3v) is 5.13. The van der Waals surface area contributed by atoms with Gasteiger partial charge in [0.1, 0.15) is 0 Å². The zero-order valence-corrected chi connectivity index (χ0v) is 13.8. The van der Waals surface area contributed by atoms with Crippen molar-refractivity contribution in [3.63, 3.8) is 0 Å². The van der Waals surface area contributed by atoms with E-state index in [1.165, 1.54) is 19.3 Å². The van der Waals surface area contributed by atoms with Gasteiger partial charge in [-0.05, 0) is 37.0 Å². The van der Waals surface area contributed by atoms with E-state index in [9.17, 15) is 4.79 Å². The van der Waals surface area contributed by atoms with Gasteiger partial charge in [0.2, 0.25) is 5.91 Å². The first kappa shape index (κ1) is 17.5. The largest absolute Gasteiger partial charge is 0.356 e. The van der Waals surface area contributed by atoms with Gasteiger partial charge < -0.3 is 11.1 Å². The maximum atomic E-state index is 12.4. The molecule has 0 bridgehead atoms. The molecule has 0 saturated heterocycles. The maximum absolute atomic E-state index is 12.4. The molecular weight excluding hydrogens is 248 g/mol. The highest BCUT2D eigenvalue weighted by Crippen LogP contribution is 2.33. The fourth-order valence-electron chi connectivity index (χ4n) is 3.37. The van der Waals surface area contributed by atoms with Gasteiger partial charge in [-0.2, -0.15) is 0 Å². The lowest BCUT2D eigenvalue weighted by atomic mass is 9.72. The fourth-order valence-corrected chi connectivity index (χ4v) is 3.37. The molecule has 3 nitrogen and oxygen atoms in total. The topological polar surface area (TPSA) is 55.1 Å². The molecule has 1 saturated carbocycles. The highest BCUT2D eigenvalue weighted by Gasteiger charge is 2.34. The van der Waals surface area contributed by atoms with E-state index >= 15 is 0 Å². The van der Waals surface area contributed by atoms with Crippen molar-refractivity contribution in [3.8, 4) is 0 Å². The Hall–Kier alpha value is -0.570. The van der Waals surface area contributed by atoms with Crippen LogP contribution in [0.15, 0.2) is 0 Å². The molecular formula is C17H34N2O. The van der Waals surface area contributed by atoms with Crippen LogP contribution in [0.5, 0.6) is 0 Å². The van der Waals surface area contributed by atoms with Crippen LogP contribution in [0.2, 0.25) is 0 Å². The van der Waals surface area contributed by atoms with Crippen molar-refractivity contribution in [1.82, 2.24) is 5.32 Å². The van der Waals surface area contributed by atoms with E-state index < -0.39 is 0 Å². The van der Waals surface area contributed by atoms with Gasteiger partial charge >= 0.3 is 0 Å². The molecule has 0 radical (unpaired) electrons. The number of carbonyl (C=O) groups is 1. The lowest BCUT2D eigenvalue weighted by molar-refractivity contribution is -0.128. The van der Waals surface area contributed by atoms with Crippen LogP contribution in [0.4, 0.5) is 0 Å². The van der Waals surface area contributed by atoms with Crippen molar-refractivity contribution >= 4 is 5.91 Å². The number of nitrogens with one attached hydrogen (secondary N) is 1. The molecule has 3 N–H and O–H groups in total. The second-order valence-electron chi connectivity index (χ2n) is 6.86. The average Bonchev–Trinajstić information content (AvgIpc) is 2.42. The molecule has 0 aliphatic heterocycles. The van der Waals surface area contributed by atoms with Crippen molar-refractivity contribution in [2.45, 2.75) is 72.3 Å². The van der Waals surface area contributed by atoms with E-state index in [0.717, 1.165) is 25.8 Å². The maximum Gasteiger partial charge on any atom is 0.223 e. The summed E-state index contributed by atoms with van der Waals surface area (Å²) in [4.78, 5) is 12.4.